The average molecular weight is 350 g/mol. The van der Waals surface area contributed by atoms with Crippen molar-refractivity contribution in [3.8, 4) is 11.3 Å². The lowest BCUT2D eigenvalue weighted by atomic mass is 9.98. The molecule has 5 heteroatoms. The van der Waals surface area contributed by atoms with Crippen LogP contribution in [0.5, 0.6) is 0 Å². The van der Waals surface area contributed by atoms with Crippen LogP contribution in [0, 0.1) is 5.82 Å². The Bertz CT molecular complexity index is 1020. The molecule has 26 heavy (non-hydrogen) atoms. The van der Waals surface area contributed by atoms with Crippen LogP contribution in [-0.4, -0.2) is 23.9 Å². The number of rotatable bonds is 2. The van der Waals surface area contributed by atoms with Gasteiger partial charge in [0.15, 0.2) is 5.78 Å². The van der Waals surface area contributed by atoms with E-state index in [1.54, 1.807) is 6.07 Å². The number of nitrogens with one attached hydrogen (secondary N) is 2. The molecule has 0 amide bonds. The van der Waals surface area contributed by atoms with Crippen LogP contribution < -0.4 is 5.32 Å². The topological polar surface area (TPSA) is 54.1 Å². The molecule has 1 atom stereocenters. The number of halogens is 1. The number of hydrogen-bond acceptors (Lipinski definition) is 3. The van der Waals surface area contributed by atoms with E-state index < -0.39 is 0 Å². The van der Waals surface area contributed by atoms with E-state index in [0.29, 0.717) is 12.2 Å². The molecule has 0 aliphatic carbocycles. The fraction of sp³-hybridized carbons (Fsp3) is 0.286. The molecule has 2 N–H and O–H groups in total. The van der Waals surface area contributed by atoms with E-state index in [-0.39, 0.29) is 24.2 Å². The molecule has 2 aliphatic heterocycles. The third-order valence-electron chi connectivity index (χ3n) is 5.43. The molecule has 0 spiro atoms. The molecule has 1 unspecified atom stereocenters. The summed E-state index contributed by atoms with van der Waals surface area (Å²) < 4.78 is 20.3. The van der Waals surface area contributed by atoms with Gasteiger partial charge in [-0.25, -0.2) is 4.39 Å². The molecule has 3 aromatic rings. The molecular formula is C21H19FN2O2. The maximum atomic E-state index is 14.8. The number of aromatic amines is 1. The molecule has 1 fully saturated rings. The minimum Gasteiger partial charge on any atom is -0.369 e. The molecule has 3 heterocycles. The first-order valence-electron chi connectivity index (χ1n) is 9.00. The van der Waals surface area contributed by atoms with Crippen molar-refractivity contribution in [1.29, 1.82) is 0 Å². The second-order valence-electron chi connectivity index (χ2n) is 7.01. The van der Waals surface area contributed by atoms with Crippen molar-refractivity contribution in [3.63, 3.8) is 0 Å². The third kappa shape index (κ3) is 2.39. The average Bonchev–Trinajstić information content (AvgIpc) is 3.26. The fourth-order valence-electron chi connectivity index (χ4n) is 4.18. The highest BCUT2D eigenvalue weighted by Gasteiger charge is 2.24. The highest BCUT2D eigenvalue weighted by molar-refractivity contribution is 6.11. The number of carbonyl (C=O) groups excluding carboxylic acids is 1. The molecule has 0 saturated carbocycles. The second kappa shape index (κ2) is 6.04. The molecule has 0 bridgehead atoms. The van der Waals surface area contributed by atoms with E-state index in [4.69, 9.17) is 4.74 Å². The summed E-state index contributed by atoms with van der Waals surface area (Å²) >= 11 is 0. The first-order valence-corrected chi connectivity index (χ1v) is 9.00. The zero-order chi connectivity index (χ0) is 17.7. The predicted molar refractivity (Wildman–Crippen MR) is 97.7 cm³/mol. The number of carbonyl (C=O) groups is 1. The third-order valence-corrected chi connectivity index (χ3v) is 5.43. The van der Waals surface area contributed by atoms with Gasteiger partial charge in [-0.3, -0.25) is 4.79 Å². The Balaban J connectivity index is 1.65. The minimum absolute atomic E-state index is 0.0197. The normalized spacial score (nSPS) is 19.9. The van der Waals surface area contributed by atoms with E-state index in [1.807, 2.05) is 30.3 Å². The van der Waals surface area contributed by atoms with E-state index >= 15 is 0 Å². The van der Waals surface area contributed by atoms with Gasteiger partial charge in [0.05, 0.1) is 12.3 Å². The molecule has 2 aromatic carbocycles. The molecule has 5 rings (SSSR count). The number of benzene rings is 2. The first-order chi connectivity index (χ1) is 12.7. The quantitative estimate of drug-likeness (QED) is 0.731. The van der Waals surface area contributed by atoms with Crippen LogP contribution in [0.3, 0.4) is 0 Å². The Labute approximate surface area is 150 Å². The van der Waals surface area contributed by atoms with E-state index in [9.17, 15) is 9.18 Å². The smallest absolute Gasteiger partial charge is 0.189 e. The van der Waals surface area contributed by atoms with Gasteiger partial charge in [-0.1, -0.05) is 24.3 Å². The lowest BCUT2D eigenvalue weighted by molar-refractivity contribution is 0.0742. The molecule has 4 nitrogen and oxygen atoms in total. The monoisotopic (exact) mass is 350 g/mol. The summed E-state index contributed by atoms with van der Waals surface area (Å²) in [6.07, 6.45) is 2.04. The van der Waals surface area contributed by atoms with Gasteiger partial charge in [0.1, 0.15) is 12.4 Å². The van der Waals surface area contributed by atoms with E-state index in [0.717, 1.165) is 52.7 Å². The molecule has 0 radical (unpaired) electrons. The van der Waals surface area contributed by atoms with E-state index in [1.165, 1.54) is 0 Å². The summed E-state index contributed by atoms with van der Waals surface area (Å²) in [6.45, 7) is 1.35. The maximum Gasteiger partial charge on any atom is 0.189 e. The maximum absolute atomic E-state index is 14.8. The van der Waals surface area contributed by atoms with Gasteiger partial charge in [0.25, 0.3) is 0 Å². The number of H-pyrrole nitrogens is 1. The highest BCUT2D eigenvalue weighted by Crippen LogP contribution is 2.36. The van der Waals surface area contributed by atoms with Gasteiger partial charge in [0.2, 0.25) is 0 Å². The molecule has 132 valence electrons. The number of Topliss-reactive ketones (excluding diaryl/α,β-unsaturated/α-hetero) is 1. The number of aromatic nitrogens is 1. The van der Waals surface area contributed by atoms with E-state index in [2.05, 4.69) is 10.3 Å². The minimum atomic E-state index is -0.196. The van der Waals surface area contributed by atoms with Gasteiger partial charge in [-0.2, -0.15) is 0 Å². The van der Waals surface area contributed by atoms with Gasteiger partial charge in [-0.05, 0) is 31.5 Å². The van der Waals surface area contributed by atoms with Crippen molar-refractivity contribution in [2.45, 2.75) is 25.5 Å². The van der Waals surface area contributed by atoms with Gasteiger partial charge in [0, 0.05) is 39.2 Å². The van der Waals surface area contributed by atoms with Crippen molar-refractivity contribution >= 4 is 16.7 Å². The van der Waals surface area contributed by atoms with Crippen LogP contribution in [0.1, 0.15) is 40.4 Å². The van der Waals surface area contributed by atoms with Crippen LogP contribution in [0.15, 0.2) is 36.4 Å². The second-order valence-corrected chi connectivity index (χ2v) is 7.01. The largest absolute Gasteiger partial charge is 0.369 e. The van der Waals surface area contributed by atoms with Crippen molar-refractivity contribution in [2.75, 3.05) is 13.2 Å². The summed E-state index contributed by atoms with van der Waals surface area (Å²) in [5.41, 5.74) is 4.80. The van der Waals surface area contributed by atoms with Crippen LogP contribution in [0.4, 0.5) is 4.39 Å². The van der Waals surface area contributed by atoms with Gasteiger partial charge >= 0.3 is 0 Å². The number of ketones is 1. The Hall–Kier alpha value is -2.50. The molecule has 1 saturated heterocycles. The van der Waals surface area contributed by atoms with Gasteiger partial charge < -0.3 is 15.0 Å². The standard InChI is InChI=1S/C21H19FN2O2/c22-16-9-12(6-7-13(16)17-5-2-8-23-17)21-15-10-26-11-19(25)14-3-1-4-18(24-21)20(14)15/h1,3-4,6-7,9,17,23-24H,2,5,8,10-11H2. The molecular weight excluding hydrogens is 331 g/mol. The summed E-state index contributed by atoms with van der Waals surface area (Å²) in [4.78, 5) is 15.6. The van der Waals surface area contributed by atoms with Crippen molar-refractivity contribution < 1.29 is 13.9 Å². The zero-order valence-electron chi connectivity index (χ0n) is 14.3. The molecule has 2 aliphatic rings. The Kier molecular flexibility index (Phi) is 3.65. The highest BCUT2D eigenvalue weighted by atomic mass is 19.1. The van der Waals surface area contributed by atoms with Crippen molar-refractivity contribution in [3.05, 3.63) is 58.9 Å². The number of ether oxygens (including phenoxy) is 1. The predicted octanol–water partition coefficient (Wildman–Crippen LogP) is 4.11. The summed E-state index contributed by atoms with van der Waals surface area (Å²) in [5.74, 6) is -0.215. The lowest BCUT2D eigenvalue weighted by Gasteiger charge is -2.13. The van der Waals surface area contributed by atoms with Crippen LogP contribution in [0.25, 0.3) is 22.2 Å². The molecule has 1 aromatic heterocycles. The summed E-state index contributed by atoms with van der Waals surface area (Å²) in [7, 11) is 0. The summed E-state index contributed by atoms with van der Waals surface area (Å²) in [6, 6.07) is 11.1. The number of hydrogen-bond donors (Lipinski definition) is 2. The summed E-state index contributed by atoms with van der Waals surface area (Å²) in [5, 5.41) is 4.24. The zero-order valence-corrected chi connectivity index (χ0v) is 14.3. The van der Waals surface area contributed by atoms with Gasteiger partial charge in [-0.15, -0.1) is 0 Å². The lowest BCUT2D eigenvalue weighted by Crippen LogP contribution is -2.14. The van der Waals surface area contributed by atoms with Crippen LogP contribution in [-0.2, 0) is 11.3 Å². The van der Waals surface area contributed by atoms with Crippen LogP contribution in [0.2, 0.25) is 0 Å². The van der Waals surface area contributed by atoms with Crippen molar-refractivity contribution in [1.82, 2.24) is 10.3 Å². The fourth-order valence-corrected chi connectivity index (χ4v) is 4.18. The Morgan fingerprint density at radius 1 is 1.15 bits per heavy atom. The SMILES string of the molecule is O=C1COCc2c(-c3ccc(C4CCCN4)c(F)c3)[nH]c3cccc1c23. The van der Waals surface area contributed by atoms with Crippen molar-refractivity contribution in [2.24, 2.45) is 0 Å². The Morgan fingerprint density at radius 3 is 2.88 bits per heavy atom. The first kappa shape index (κ1) is 15.7. The Morgan fingerprint density at radius 2 is 2.08 bits per heavy atom. The van der Waals surface area contributed by atoms with Crippen LogP contribution >= 0.6 is 0 Å².